The van der Waals surface area contributed by atoms with Crippen LogP contribution in [0, 0.1) is 5.82 Å². The number of hydrogen-bond donors (Lipinski definition) is 2. The molecule has 2 N–H and O–H groups in total. The summed E-state index contributed by atoms with van der Waals surface area (Å²) in [6.45, 7) is 1.59. The zero-order valence-corrected chi connectivity index (χ0v) is 10.6. The third-order valence-corrected chi connectivity index (χ3v) is 2.71. The van der Waals surface area contributed by atoms with Gasteiger partial charge in [0.25, 0.3) is 0 Å². The average Bonchev–Trinajstić information content (AvgIpc) is 2.86. The maximum atomic E-state index is 13.1. The van der Waals surface area contributed by atoms with Crippen LogP contribution in [0.5, 0.6) is 5.75 Å². The maximum Gasteiger partial charge on any atom is 0.165 e. The van der Waals surface area contributed by atoms with Gasteiger partial charge in [-0.2, -0.15) is 5.10 Å². The van der Waals surface area contributed by atoms with E-state index in [1.807, 2.05) is 6.20 Å². The topological polar surface area (TPSA) is 59.3 Å². The first kappa shape index (κ1) is 13.4. The fraction of sp³-hybridized carbons (Fsp3) is 0.308. The second-order valence-electron chi connectivity index (χ2n) is 4.09. The molecule has 19 heavy (non-hydrogen) atoms. The third kappa shape index (κ3) is 3.45. The highest BCUT2D eigenvalue weighted by Gasteiger charge is 2.06. The normalized spacial score (nSPS) is 10.6. The number of rotatable bonds is 6. The monoisotopic (exact) mass is 265 g/mol. The van der Waals surface area contributed by atoms with E-state index < -0.39 is 5.82 Å². The molecule has 0 aliphatic heterocycles. The van der Waals surface area contributed by atoms with Crippen LogP contribution in [0.15, 0.2) is 30.6 Å². The van der Waals surface area contributed by atoms with Crippen LogP contribution in [0.25, 0.3) is 0 Å². The lowest BCUT2D eigenvalue weighted by Gasteiger charge is -2.06. The summed E-state index contributed by atoms with van der Waals surface area (Å²) in [5.41, 5.74) is 1.31. The predicted octanol–water partition coefficient (Wildman–Crippen LogP) is 1.99. The molecule has 2 rings (SSSR count). The first-order valence-electron chi connectivity index (χ1n) is 5.92. The summed E-state index contributed by atoms with van der Waals surface area (Å²) in [6, 6.07) is 4.45. The fourth-order valence-electron chi connectivity index (χ4n) is 1.66. The number of benzene rings is 1. The smallest absolute Gasteiger partial charge is 0.165 e. The van der Waals surface area contributed by atoms with Gasteiger partial charge >= 0.3 is 0 Å². The Balaban J connectivity index is 1.95. The molecule has 2 aromatic rings. The van der Waals surface area contributed by atoms with E-state index in [4.69, 9.17) is 4.74 Å². The van der Waals surface area contributed by atoms with E-state index in [1.54, 1.807) is 30.1 Å². The number of methoxy groups -OCH3 is 1. The van der Waals surface area contributed by atoms with Crippen molar-refractivity contribution in [2.45, 2.75) is 13.1 Å². The molecule has 6 heteroatoms. The van der Waals surface area contributed by atoms with Gasteiger partial charge in [-0.1, -0.05) is 12.1 Å². The zero-order chi connectivity index (χ0) is 13.7. The van der Waals surface area contributed by atoms with E-state index in [-0.39, 0.29) is 5.75 Å². The SMILES string of the molecule is COCCn1cc(NCc2cccc(F)c2O)cn1. The largest absolute Gasteiger partial charge is 0.505 e. The first-order chi connectivity index (χ1) is 9.20. The van der Waals surface area contributed by atoms with E-state index in [9.17, 15) is 9.50 Å². The Labute approximate surface area is 110 Å². The summed E-state index contributed by atoms with van der Waals surface area (Å²) in [7, 11) is 1.63. The number of phenolic OH excluding ortho intramolecular Hbond substituents is 1. The molecule has 0 aliphatic carbocycles. The van der Waals surface area contributed by atoms with Crippen molar-refractivity contribution in [2.75, 3.05) is 19.0 Å². The highest BCUT2D eigenvalue weighted by Crippen LogP contribution is 2.21. The molecule has 0 fully saturated rings. The van der Waals surface area contributed by atoms with Crippen molar-refractivity contribution in [3.8, 4) is 5.75 Å². The molecular formula is C13H16FN3O2. The Morgan fingerprint density at radius 1 is 1.47 bits per heavy atom. The van der Waals surface area contributed by atoms with Crippen LogP contribution in [-0.2, 0) is 17.8 Å². The standard InChI is InChI=1S/C13H16FN3O2/c1-19-6-5-17-9-11(8-16-17)15-7-10-3-2-4-12(14)13(10)18/h2-4,8-9,15,18H,5-7H2,1H3. The van der Waals surface area contributed by atoms with Crippen LogP contribution in [0.2, 0.25) is 0 Å². The van der Waals surface area contributed by atoms with Gasteiger partial charge in [0, 0.05) is 25.4 Å². The molecule has 0 spiro atoms. The van der Waals surface area contributed by atoms with Gasteiger partial charge < -0.3 is 15.2 Å². The Morgan fingerprint density at radius 2 is 2.32 bits per heavy atom. The minimum atomic E-state index is -0.616. The van der Waals surface area contributed by atoms with E-state index in [0.717, 1.165) is 5.69 Å². The van der Waals surface area contributed by atoms with Crippen molar-refractivity contribution in [3.63, 3.8) is 0 Å². The van der Waals surface area contributed by atoms with Crippen LogP contribution < -0.4 is 5.32 Å². The first-order valence-corrected chi connectivity index (χ1v) is 5.92. The van der Waals surface area contributed by atoms with Crippen LogP contribution in [0.4, 0.5) is 10.1 Å². The van der Waals surface area contributed by atoms with Crippen molar-refractivity contribution in [1.82, 2.24) is 9.78 Å². The number of nitrogens with zero attached hydrogens (tertiary/aromatic N) is 2. The highest BCUT2D eigenvalue weighted by atomic mass is 19.1. The number of para-hydroxylation sites is 1. The third-order valence-electron chi connectivity index (χ3n) is 2.71. The molecule has 0 bridgehead atoms. The lowest BCUT2D eigenvalue weighted by Crippen LogP contribution is -2.04. The molecule has 102 valence electrons. The summed E-state index contributed by atoms with van der Waals surface area (Å²) in [6.07, 6.45) is 3.50. The van der Waals surface area contributed by atoms with Crippen molar-refractivity contribution in [3.05, 3.63) is 42.0 Å². The lowest BCUT2D eigenvalue weighted by atomic mass is 10.2. The molecule has 1 aromatic heterocycles. The number of hydrogen-bond acceptors (Lipinski definition) is 4. The Kier molecular flexibility index (Phi) is 4.35. The van der Waals surface area contributed by atoms with Crippen molar-refractivity contribution < 1.29 is 14.2 Å². The number of anilines is 1. The molecule has 0 atom stereocenters. The van der Waals surface area contributed by atoms with Crippen LogP contribution >= 0.6 is 0 Å². The van der Waals surface area contributed by atoms with Gasteiger partial charge in [-0.3, -0.25) is 4.68 Å². The molecule has 0 aliphatic rings. The molecule has 0 radical (unpaired) electrons. The van der Waals surface area contributed by atoms with Crippen molar-refractivity contribution in [1.29, 1.82) is 0 Å². The van der Waals surface area contributed by atoms with Gasteiger partial charge in [-0.25, -0.2) is 4.39 Å². The molecule has 0 saturated heterocycles. The van der Waals surface area contributed by atoms with Gasteiger partial charge in [-0.15, -0.1) is 0 Å². The van der Waals surface area contributed by atoms with E-state index in [2.05, 4.69) is 10.4 Å². The molecule has 1 heterocycles. The van der Waals surface area contributed by atoms with Crippen LogP contribution in [0.3, 0.4) is 0 Å². The second kappa shape index (κ2) is 6.19. The van der Waals surface area contributed by atoms with E-state index in [0.29, 0.717) is 25.3 Å². The molecular weight excluding hydrogens is 249 g/mol. The molecule has 1 aromatic carbocycles. The molecule has 0 unspecified atom stereocenters. The van der Waals surface area contributed by atoms with Crippen LogP contribution in [-0.4, -0.2) is 28.6 Å². The highest BCUT2D eigenvalue weighted by molar-refractivity contribution is 5.42. The summed E-state index contributed by atoms with van der Waals surface area (Å²) < 4.78 is 19.8. The quantitative estimate of drug-likeness (QED) is 0.838. The predicted molar refractivity (Wildman–Crippen MR) is 69.5 cm³/mol. The summed E-state index contributed by atoms with van der Waals surface area (Å²) in [4.78, 5) is 0. The Hall–Kier alpha value is -2.08. The number of ether oxygens (including phenoxy) is 1. The van der Waals surface area contributed by atoms with Gasteiger partial charge in [0.05, 0.1) is 25.0 Å². The average molecular weight is 265 g/mol. The summed E-state index contributed by atoms with van der Waals surface area (Å²) >= 11 is 0. The van der Waals surface area contributed by atoms with Gasteiger partial charge in [0.2, 0.25) is 0 Å². The second-order valence-corrected chi connectivity index (χ2v) is 4.09. The van der Waals surface area contributed by atoms with Crippen molar-refractivity contribution in [2.24, 2.45) is 0 Å². The Morgan fingerprint density at radius 3 is 3.11 bits per heavy atom. The zero-order valence-electron chi connectivity index (χ0n) is 10.6. The van der Waals surface area contributed by atoms with Crippen molar-refractivity contribution >= 4 is 5.69 Å². The number of phenols is 1. The minimum absolute atomic E-state index is 0.318. The van der Waals surface area contributed by atoms with Gasteiger partial charge in [0.1, 0.15) is 0 Å². The maximum absolute atomic E-state index is 13.1. The van der Waals surface area contributed by atoms with Crippen LogP contribution in [0.1, 0.15) is 5.56 Å². The molecule has 0 saturated carbocycles. The summed E-state index contributed by atoms with van der Waals surface area (Å²) in [5.74, 6) is -0.933. The summed E-state index contributed by atoms with van der Waals surface area (Å²) in [5, 5.41) is 16.8. The Bertz CT molecular complexity index is 542. The number of nitrogens with one attached hydrogen (secondary N) is 1. The molecule has 5 nitrogen and oxygen atoms in total. The van der Waals surface area contributed by atoms with E-state index >= 15 is 0 Å². The molecule has 0 amide bonds. The number of aromatic nitrogens is 2. The lowest BCUT2D eigenvalue weighted by molar-refractivity contribution is 0.183. The van der Waals surface area contributed by atoms with E-state index in [1.165, 1.54) is 6.07 Å². The number of aromatic hydroxyl groups is 1. The van der Waals surface area contributed by atoms with Gasteiger partial charge in [0.15, 0.2) is 11.6 Å². The minimum Gasteiger partial charge on any atom is -0.505 e. The number of halogens is 1. The fourth-order valence-corrected chi connectivity index (χ4v) is 1.66. The van der Waals surface area contributed by atoms with Gasteiger partial charge in [-0.05, 0) is 6.07 Å².